The first-order chi connectivity index (χ1) is 9.74. The molecule has 5 heteroatoms. The van der Waals surface area contributed by atoms with Gasteiger partial charge < -0.3 is 20.1 Å². The minimum atomic E-state index is -0.385. The zero-order valence-corrected chi connectivity index (χ0v) is 11.3. The normalized spacial score (nSPS) is 18.2. The lowest BCUT2D eigenvalue weighted by Gasteiger charge is -2.29. The van der Waals surface area contributed by atoms with E-state index < -0.39 is 0 Å². The Kier molecular flexibility index (Phi) is 3.50. The molecule has 2 heterocycles. The van der Waals surface area contributed by atoms with Gasteiger partial charge >= 0.3 is 0 Å². The number of nitrogens with two attached hydrogens (primary N) is 1. The first-order valence-corrected chi connectivity index (χ1v) is 6.90. The molecule has 1 aromatic carbocycles. The number of likely N-dealkylation sites (tertiary alicyclic amines) is 1. The van der Waals surface area contributed by atoms with Crippen molar-refractivity contribution in [2.75, 3.05) is 19.9 Å². The molecule has 3 rings (SSSR count). The van der Waals surface area contributed by atoms with Gasteiger partial charge in [0.25, 0.3) is 5.91 Å². The SMILES string of the molecule is NC(=O)/C(=C\c1ccc2c(c1)OCO2)N1CCCCC1. The Hall–Kier alpha value is -2.17. The van der Waals surface area contributed by atoms with Crippen LogP contribution in [0, 0.1) is 0 Å². The van der Waals surface area contributed by atoms with Gasteiger partial charge in [-0.05, 0) is 43.0 Å². The number of benzene rings is 1. The smallest absolute Gasteiger partial charge is 0.265 e. The van der Waals surface area contributed by atoms with Crippen LogP contribution in [-0.4, -0.2) is 30.7 Å². The molecular formula is C15H18N2O3. The second-order valence-electron chi connectivity index (χ2n) is 5.05. The van der Waals surface area contributed by atoms with Crippen LogP contribution in [0.25, 0.3) is 6.08 Å². The van der Waals surface area contributed by atoms with Gasteiger partial charge in [0.15, 0.2) is 11.5 Å². The predicted octanol–water partition coefficient (Wildman–Crippen LogP) is 1.73. The highest BCUT2D eigenvalue weighted by Crippen LogP contribution is 2.33. The van der Waals surface area contributed by atoms with Crippen molar-refractivity contribution in [1.29, 1.82) is 0 Å². The Balaban J connectivity index is 1.88. The summed E-state index contributed by atoms with van der Waals surface area (Å²) < 4.78 is 10.6. The van der Waals surface area contributed by atoms with Gasteiger partial charge in [0.05, 0.1) is 0 Å². The van der Waals surface area contributed by atoms with Crippen LogP contribution in [0.5, 0.6) is 11.5 Å². The van der Waals surface area contributed by atoms with Gasteiger partial charge in [-0.15, -0.1) is 0 Å². The molecule has 0 unspecified atom stereocenters. The molecule has 0 aliphatic carbocycles. The lowest BCUT2D eigenvalue weighted by atomic mass is 10.1. The number of carbonyl (C=O) groups excluding carboxylic acids is 1. The van der Waals surface area contributed by atoms with Gasteiger partial charge in [-0.25, -0.2) is 0 Å². The molecule has 0 bridgehead atoms. The second-order valence-corrected chi connectivity index (χ2v) is 5.05. The fourth-order valence-corrected chi connectivity index (χ4v) is 2.61. The van der Waals surface area contributed by atoms with Gasteiger partial charge in [0.1, 0.15) is 5.70 Å². The van der Waals surface area contributed by atoms with Gasteiger partial charge in [-0.3, -0.25) is 4.79 Å². The number of piperidine rings is 1. The van der Waals surface area contributed by atoms with E-state index in [1.165, 1.54) is 6.42 Å². The number of hydrogen-bond donors (Lipinski definition) is 1. The van der Waals surface area contributed by atoms with Crippen LogP contribution >= 0.6 is 0 Å². The summed E-state index contributed by atoms with van der Waals surface area (Å²) in [5, 5.41) is 0. The van der Waals surface area contributed by atoms with Crippen LogP contribution in [0.4, 0.5) is 0 Å². The Morgan fingerprint density at radius 2 is 1.90 bits per heavy atom. The zero-order valence-electron chi connectivity index (χ0n) is 11.3. The molecule has 1 saturated heterocycles. The molecule has 2 aliphatic heterocycles. The highest BCUT2D eigenvalue weighted by Gasteiger charge is 2.18. The summed E-state index contributed by atoms with van der Waals surface area (Å²) in [6.07, 6.45) is 5.25. The fourth-order valence-electron chi connectivity index (χ4n) is 2.61. The first-order valence-electron chi connectivity index (χ1n) is 6.90. The van der Waals surface area contributed by atoms with Crippen LogP contribution in [0.1, 0.15) is 24.8 Å². The molecule has 1 fully saturated rings. The number of fused-ring (bicyclic) bond motifs is 1. The molecule has 1 amide bonds. The fraction of sp³-hybridized carbons (Fsp3) is 0.400. The summed E-state index contributed by atoms with van der Waals surface area (Å²) in [4.78, 5) is 13.8. The number of amides is 1. The maximum atomic E-state index is 11.7. The molecule has 5 nitrogen and oxygen atoms in total. The topological polar surface area (TPSA) is 64.8 Å². The lowest BCUT2D eigenvalue weighted by Crippen LogP contribution is -2.35. The Labute approximate surface area is 118 Å². The van der Waals surface area contributed by atoms with Crippen LogP contribution in [0.2, 0.25) is 0 Å². The Morgan fingerprint density at radius 1 is 1.15 bits per heavy atom. The van der Waals surface area contributed by atoms with Crippen molar-refractivity contribution >= 4 is 12.0 Å². The molecule has 0 aromatic heterocycles. The number of nitrogens with zero attached hydrogens (tertiary/aromatic N) is 1. The van der Waals surface area contributed by atoms with E-state index in [4.69, 9.17) is 15.2 Å². The van der Waals surface area contributed by atoms with Crippen LogP contribution in [0.3, 0.4) is 0 Å². The van der Waals surface area contributed by atoms with Crippen LogP contribution < -0.4 is 15.2 Å². The lowest BCUT2D eigenvalue weighted by molar-refractivity contribution is -0.116. The molecule has 20 heavy (non-hydrogen) atoms. The third-order valence-corrected chi connectivity index (χ3v) is 3.65. The van der Waals surface area contributed by atoms with E-state index in [1.54, 1.807) is 0 Å². The van der Waals surface area contributed by atoms with Crippen LogP contribution in [-0.2, 0) is 4.79 Å². The highest BCUT2D eigenvalue weighted by atomic mass is 16.7. The van der Waals surface area contributed by atoms with E-state index in [1.807, 2.05) is 24.3 Å². The first kappa shape index (κ1) is 12.8. The maximum absolute atomic E-state index is 11.7. The Bertz CT molecular complexity index is 548. The van der Waals surface area contributed by atoms with Gasteiger partial charge in [-0.2, -0.15) is 0 Å². The van der Waals surface area contributed by atoms with Crippen molar-refractivity contribution in [3.05, 3.63) is 29.5 Å². The van der Waals surface area contributed by atoms with E-state index in [2.05, 4.69) is 4.90 Å². The molecular weight excluding hydrogens is 256 g/mol. The average molecular weight is 274 g/mol. The molecule has 0 spiro atoms. The number of rotatable bonds is 3. The molecule has 0 radical (unpaired) electrons. The van der Waals surface area contributed by atoms with Gasteiger partial charge in [0, 0.05) is 13.1 Å². The second kappa shape index (κ2) is 5.45. The summed E-state index contributed by atoms with van der Waals surface area (Å²) >= 11 is 0. The summed E-state index contributed by atoms with van der Waals surface area (Å²) in [5.74, 6) is 1.06. The molecule has 2 aliphatic rings. The summed E-state index contributed by atoms with van der Waals surface area (Å²) in [5.41, 5.74) is 6.99. The highest BCUT2D eigenvalue weighted by molar-refractivity contribution is 5.96. The molecule has 2 N–H and O–H groups in total. The summed E-state index contributed by atoms with van der Waals surface area (Å²) in [7, 11) is 0. The maximum Gasteiger partial charge on any atom is 0.265 e. The van der Waals surface area contributed by atoms with E-state index in [9.17, 15) is 4.79 Å². The predicted molar refractivity (Wildman–Crippen MR) is 75.2 cm³/mol. The largest absolute Gasteiger partial charge is 0.454 e. The van der Waals surface area contributed by atoms with Crippen molar-refractivity contribution in [3.63, 3.8) is 0 Å². The molecule has 1 aromatic rings. The minimum Gasteiger partial charge on any atom is -0.454 e. The third kappa shape index (κ3) is 2.57. The summed E-state index contributed by atoms with van der Waals surface area (Å²) in [6, 6.07) is 5.62. The number of carbonyl (C=O) groups is 1. The van der Waals surface area contributed by atoms with Crippen molar-refractivity contribution in [2.24, 2.45) is 5.73 Å². The van der Waals surface area contributed by atoms with Gasteiger partial charge in [0.2, 0.25) is 6.79 Å². The van der Waals surface area contributed by atoms with Crippen molar-refractivity contribution < 1.29 is 14.3 Å². The number of hydrogen-bond acceptors (Lipinski definition) is 4. The zero-order chi connectivity index (χ0) is 13.9. The quantitative estimate of drug-likeness (QED) is 0.852. The minimum absolute atomic E-state index is 0.247. The Morgan fingerprint density at radius 3 is 2.65 bits per heavy atom. The van der Waals surface area contributed by atoms with E-state index in [0.29, 0.717) is 11.4 Å². The number of ether oxygens (including phenoxy) is 2. The van der Waals surface area contributed by atoms with Crippen molar-refractivity contribution in [3.8, 4) is 11.5 Å². The van der Waals surface area contributed by atoms with Gasteiger partial charge in [-0.1, -0.05) is 6.07 Å². The van der Waals surface area contributed by atoms with E-state index in [0.717, 1.165) is 37.2 Å². The third-order valence-electron chi connectivity index (χ3n) is 3.65. The van der Waals surface area contributed by atoms with Crippen LogP contribution in [0.15, 0.2) is 23.9 Å². The van der Waals surface area contributed by atoms with Crippen molar-refractivity contribution in [1.82, 2.24) is 4.90 Å². The van der Waals surface area contributed by atoms with E-state index >= 15 is 0 Å². The standard InChI is InChI=1S/C15H18N2O3/c16-15(18)12(17-6-2-1-3-7-17)8-11-4-5-13-14(9-11)20-10-19-13/h4-5,8-9H,1-3,6-7,10H2,(H2,16,18)/b12-8+. The molecule has 106 valence electrons. The summed E-state index contributed by atoms with van der Waals surface area (Å²) in [6.45, 7) is 2.02. The van der Waals surface area contributed by atoms with Crippen molar-refractivity contribution in [2.45, 2.75) is 19.3 Å². The molecule has 0 saturated carbocycles. The number of primary amides is 1. The molecule has 0 atom stereocenters. The monoisotopic (exact) mass is 274 g/mol. The van der Waals surface area contributed by atoms with E-state index in [-0.39, 0.29) is 12.7 Å². The average Bonchev–Trinajstić information content (AvgIpc) is 2.93.